The number of carbonyl (C=O) groups is 2. The standard InChI is InChI=1S/C13H17ClN2O3/c1-8(6-9-4-2-3-5-10(9)14)16-13(19)11(15)7-12(17)18/h2-5,8,11H,6-7,15H2,1H3,(H,16,19)(H,17,18). The third kappa shape index (κ3) is 5.28. The van der Waals surface area contributed by atoms with Crippen LogP contribution >= 0.6 is 11.6 Å². The van der Waals surface area contributed by atoms with Crippen molar-refractivity contribution in [3.8, 4) is 0 Å². The van der Waals surface area contributed by atoms with Crippen molar-refractivity contribution in [1.29, 1.82) is 0 Å². The zero-order chi connectivity index (χ0) is 14.4. The molecule has 6 heteroatoms. The van der Waals surface area contributed by atoms with Crippen molar-refractivity contribution in [2.75, 3.05) is 0 Å². The third-order valence-corrected chi connectivity index (χ3v) is 2.97. The quantitative estimate of drug-likeness (QED) is 0.731. The van der Waals surface area contributed by atoms with Gasteiger partial charge in [0.1, 0.15) is 0 Å². The van der Waals surface area contributed by atoms with Gasteiger partial charge in [0.05, 0.1) is 12.5 Å². The van der Waals surface area contributed by atoms with Gasteiger partial charge in [-0.15, -0.1) is 0 Å². The van der Waals surface area contributed by atoms with Crippen LogP contribution in [-0.4, -0.2) is 29.1 Å². The number of carbonyl (C=O) groups excluding carboxylic acids is 1. The van der Waals surface area contributed by atoms with Gasteiger partial charge in [0.25, 0.3) is 0 Å². The lowest BCUT2D eigenvalue weighted by Gasteiger charge is -2.17. The van der Waals surface area contributed by atoms with Crippen molar-refractivity contribution in [2.45, 2.75) is 31.8 Å². The maximum atomic E-state index is 11.6. The van der Waals surface area contributed by atoms with Gasteiger partial charge >= 0.3 is 5.97 Å². The average molecular weight is 285 g/mol. The summed E-state index contributed by atoms with van der Waals surface area (Å²) in [5.41, 5.74) is 6.39. The predicted molar refractivity (Wildman–Crippen MR) is 73.0 cm³/mol. The zero-order valence-corrected chi connectivity index (χ0v) is 11.4. The maximum absolute atomic E-state index is 11.6. The number of hydrogen-bond donors (Lipinski definition) is 3. The second-order valence-electron chi connectivity index (χ2n) is 4.41. The molecule has 4 N–H and O–H groups in total. The first-order valence-corrected chi connectivity index (χ1v) is 6.29. The van der Waals surface area contributed by atoms with E-state index in [-0.39, 0.29) is 12.5 Å². The summed E-state index contributed by atoms with van der Waals surface area (Å²) < 4.78 is 0. The molecule has 0 saturated heterocycles. The lowest BCUT2D eigenvalue weighted by atomic mass is 10.1. The van der Waals surface area contributed by atoms with Crippen molar-refractivity contribution in [2.24, 2.45) is 5.73 Å². The fourth-order valence-corrected chi connectivity index (χ4v) is 1.89. The fraction of sp³-hybridized carbons (Fsp3) is 0.385. The van der Waals surface area contributed by atoms with Gasteiger partial charge in [0, 0.05) is 11.1 Å². The second kappa shape index (κ2) is 7.11. The van der Waals surface area contributed by atoms with Gasteiger partial charge in [0.15, 0.2) is 0 Å². The molecular weight excluding hydrogens is 268 g/mol. The van der Waals surface area contributed by atoms with Crippen LogP contribution in [0, 0.1) is 0 Å². The molecule has 0 fully saturated rings. The van der Waals surface area contributed by atoms with Gasteiger partial charge < -0.3 is 16.2 Å². The molecule has 1 aromatic carbocycles. The number of hydrogen-bond acceptors (Lipinski definition) is 3. The lowest BCUT2D eigenvalue weighted by molar-refractivity contribution is -0.139. The maximum Gasteiger partial charge on any atom is 0.305 e. The lowest BCUT2D eigenvalue weighted by Crippen LogP contribution is -2.46. The molecule has 0 bridgehead atoms. The van der Waals surface area contributed by atoms with Crippen LogP contribution in [0.1, 0.15) is 18.9 Å². The van der Waals surface area contributed by atoms with Gasteiger partial charge in [0.2, 0.25) is 5.91 Å². The van der Waals surface area contributed by atoms with E-state index in [4.69, 9.17) is 22.4 Å². The molecule has 1 amide bonds. The minimum atomic E-state index is -1.10. The summed E-state index contributed by atoms with van der Waals surface area (Å²) in [5, 5.41) is 11.9. The van der Waals surface area contributed by atoms with E-state index in [9.17, 15) is 9.59 Å². The van der Waals surface area contributed by atoms with Crippen molar-refractivity contribution >= 4 is 23.5 Å². The van der Waals surface area contributed by atoms with E-state index in [1.807, 2.05) is 25.1 Å². The van der Waals surface area contributed by atoms with E-state index < -0.39 is 17.9 Å². The number of carboxylic acid groups (broad SMARTS) is 1. The van der Waals surface area contributed by atoms with Gasteiger partial charge in [-0.25, -0.2) is 0 Å². The Kier molecular flexibility index (Phi) is 5.79. The van der Waals surface area contributed by atoms with Crippen LogP contribution in [-0.2, 0) is 16.0 Å². The predicted octanol–water partition coefficient (Wildman–Crippen LogP) is 1.19. The monoisotopic (exact) mass is 284 g/mol. The Morgan fingerprint density at radius 2 is 2.05 bits per heavy atom. The van der Waals surface area contributed by atoms with Crippen LogP contribution in [0.4, 0.5) is 0 Å². The van der Waals surface area contributed by atoms with E-state index in [2.05, 4.69) is 5.32 Å². The first-order chi connectivity index (χ1) is 8.90. The Morgan fingerprint density at radius 1 is 1.42 bits per heavy atom. The molecule has 0 aliphatic heterocycles. The summed E-state index contributed by atoms with van der Waals surface area (Å²) >= 11 is 6.02. The number of nitrogens with two attached hydrogens (primary N) is 1. The summed E-state index contributed by atoms with van der Waals surface area (Å²) in [7, 11) is 0. The smallest absolute Gasteiger partial charge is 0.305 e. The molecule has 2 unspecified atom stereocenters. The summed E-state index contributed by atoms with van der Waals surface area (Å²) in [4.78, 5) is 22.1. The topological polar surface area (TPSA) is 92.4 Å². The highest BCUT2D eigenvalue weighted by Crippen LogP contribution is 2.16. The molecule has 0 aliphatic carbocycles. The number of nitrogens with one attached hydrogen (secondary N) is 1. The molecule has 0 aliphatic rings. The highest BCUT2D eigenvalue weighted by Gasteiger charge is 2.19. The molecule has 0 radical (unpaired) electrons. The van der Waals surface area contributed by atoms with E-state index in [0.717, 1.165) is 5.56 Å². The van der Waals surface area contributed by atoms with Crippen LogP contribution in [0.3, 0.4) is 0 Å². The van der Waals surface area contributed by atoms with Crippen molar-refractivity contribution < 1.29 is 14.7 Å². The molecule has 0 aromatic heterocycles. The number of amides is 1. The van der Waals surface area contributed by atoms with Crippen LogP contribution in [0.15, 0.2) is 24.3 Å². The summed E-state index contributed by atoms with van der Waals surface area (Å²) in [6.45, 7) is 1.81. The van der Waals surface area contributed by atoms with Crippen LogP contribution in [0.2, 0.25) is 5.02 Å². The minimum absolute atomic E-state index is 0.174. The molecule has 0 saturated carbocycles. The van der Waals surface area contributed by atoms with Crippen molar-refractivity contribution in [3.05, 3.63) is 34.9 Å². The molecule has 5 nitrogen and oxygen atoms in total. The van der Waals surface area contributed by atoms with E-state index >= 15 is 0 Å². The van der Waals surface area contributed by atoms with Crippen molar-refractivity contribution in [1.82, 2.24) is 5.32 Å². The first kappa shape index (κ1) is 15.5. The Bertz CT molecular complexity index is 465. The molecule has 0 heterocycles. The normalized spacial score (nSPS) is 13.6. The largest absolute Gasteiger partial charge is 0.481 e. The van der Waals surface area contributed by atoms with Gasteiger partial charge in [-0.05, 0) is 25.0 Å². The highest BCUT2D eigenvalue weighted by atomic mass is 35.5. The van der Waals surface area contributed by atoms with Crippen LogP contribution < -0.4 is 11.1 Å². The summed E-state index contributed by atoms with van der Waals surface area (Å²) in [5.74, 6) is -1.57. The zero-order valence-electron chi connectivity index (χ0n) is 10.6. The molecular formula is C13H17ClN2O3. The van der Waals surface area contributed by atoms with Crippen molar-refractivity contribution in [3.63, 3.8) is 0 Å². The Hall–Kier alpha value is -1.59. The number of benzene rings is 1. The average Bonchev–Trinajstić information content (AvgIpc) is 2.31. The minimum Gasteiger partial charge on any atom is -0.481 e. The van der Waals surface area contributed by atoms with E-state index in [1.165, 1.54) is 0 Å². The second-order valence-corrected chi connectivity index (χ2v) is 4.82. The van der Waals surface area contributed by atoms with Crippen LogP contribution in [0.25, 0.3) is 0 Å². The molecule has 19 heavy (non-hydrogen) atoms. The fourth-order valence-electron chi connectivity index (χ4n) is 1.68. The van der Waals surface area contributed by atoms with Gasteiger partial charge in [-0.2, -0.15) is 0 Å². The van der Waals surface area contributed by atoms with E-state index in [0.29, 0.717) is 11.4 Å². The number of rotatable bonds is 6. The molecule has 2 atom stereocenters. The first-order valence-electron chi connectivity index (χ1n) is 5.91. The summed E-state index contributed by atoms with van der Waals surface area (Å²) in [6, 6.07) is 6.14. The molecule has 1 aromatic rings. The number of carboxylic acids is 1. The van der Waals surface area contributed by atoms with Crippen LogP contribution in [0.5, 0.6) is 0 Å². The third-order valence-electron chi connectivity index (χ3n) is 2.60. The Morgan fingerprint density at radius 3 is 2.63 bits per heavy atom. The Balaban J connectivity index is 2.51. The molecule has 104 valence electrons. The number of aliphatic carboxylic acids is 1. The SMILES string of the molecule is CC(Cc1ccccc1Cl)NC(=O)C(N)CC(=O)O. The highest BCUT2D eigenvalue weighted by molar-refractivity contribution is 6.31. The molecule has 1 rings (SSSR count). The van der Waals surface area contributed by atoms with Gasteiger partial charge in [-0.1, -0.05) is 29.8 Å². The van der Waals surface area contributed by atoms with E-state index in [1.54, 1.807) is 6.07 Å². The molecule has 0 spiro atoms. The Labute approximate surface area is 116 Å². The summed E-state index contributed by atoms with van der Waals surface area (Å²) in [6.07, 6.45) is 0.176. The number of halogens is 1. The van der Waals surface area contributed by atoms with Gasteiger partial charge in [-0.3, -0.25) is 9.59 Å².